The number of nitrogens with one attached hydrogen (secondary N) is 2. The third-order valence-electron chi connectivity index (χ3n) is 15.8. The summed E-state index contributed by atoms with van der Waals surface area (Å²) in [6.45, 7) is 35.3. The van der Waals surface area contributed by atoms with Crippen molar-refractivity contribution >= 4 is 23.9 Å². The van der Waals surface area contributed by atoms with Gasteiger partial charge in [-0.3, -0.25) is 38.8 Å². The van der Waals surface area contributed by atoms with E-state index in [9.17, 15) is 19.2 Å². The van der Waals surface area contributed by atoms with Gasteiger partial charge in [-0.1, -0.05) is 0 Å². The average Bonchev–Trinajstić information content (AvgIpc) is 3.61. The lowest BCUT2D eigenvalue weighted by atomic mass is 9.88. The van der Waals surface area contributed by atoms with E-state index in [2.05, 4.69) is 145 Å². The first-order valence-corrected chi connectivity index (χ1v) is 23.2. The minimum atomic E-state index is -0.452. The van der Waals surface area contributed by atoms with E-state index in [-0.39, 0.29) is 134 Å². The Hall–Kier alpha value is -2.36. The zero-order valence-electron chi connectivity index (χ0n) is 42.3. The van der Waals surface area contributed by atoms with Crippen LogP contribution in [0.4, 0.5) is 0 Å². The lowest BCUT2D eigenvalue weighted by Crippen LogP contribution is -2.48. The highest BCUT2D eigenvalue weighted by Crippen LogP contribution is 2.45. The summed E-state index contributed by atoms with van der Waals surface area (Å²) >= 11 is 0. The fraction of sp³-hybridized carbons (Fsp3) is 0.917. The van der Waals surface area contributed by atoms with Crippen LogP contribution in [0.2, 0.25) is 0 Å². The third-order valence-corrected chi connectivity index (χ3v) is 15.8. The van der Waals surface area contributed by atoms with Crippen molar-refractivity contribution in [1.82, 2.24) is 30.2 Å². The molecular formula is C48H88N6O8. The van der Waals surface area contributed by atoms with Crippen LogP contribution in [0.25, 0.3) is 0 Å². The van der Waals surface area contributed by atoms with Gasteiger partial charge in [-0.05, 0) is 151 Å². The molecule has 2 N–H and O–H groups in total. The van der Waals surface area contributed by atoms with Crippen LogP contribution >= 0.6 is 0 Å². The molecule has 0 bridgehead atoms. The monoisotopic (exact) mass is 877 g/mol. The van der Waals surface area contributed by atoms with Crippen LogP contribution in [-0.2, 0) is 38.1 Å². The van der Waals surface area contributed by atoms with Crippen LogP contribution in [0.5, 0.6) is 0 Å². The van der Waals surface area contributed by atoms with Gasteiger partial charge in [-0.25, -0.2) is 0 Å². The van der Waals surface area contributed by atoms with Gasteiger partial charge in [-0.15, -0.1) is 0 Å². The number of likely N-dealkylation sites (tertiary alicyclic amines) is 2. The lowest BCUT2D eigenvalue weighted by molar-refractivity contribution is -0.154. The second kappa shape index (κ2) is 18.9. The number of carbonyl (C=O) groups excluding carboxylic acids is 4. The smallest absolute Gasteiger partial charge is 0.320 e. The van der Waals surface area contributed by atoms with Gasteiger partial charge >= 0.3 is 23.9 Å². The maximum atomic E-state index is 13.6. The topological polar surface area (TPSA) is 142 Å². The normalized spacial score (nSPS) is 28.9. The summed E-state index contributed by atoms with van der Waals surface area (Å²) in [5, 5.41) is 7.28. The van der Waals surface area contributed by atoms with Crippen molar-refractivity contribution in [3.63, 3.8) is 0 Å². The highest BCUT2D eigenvalue weighted by Gasteiger charge is 2.51. The molecule has 0 spiro atoms. The van der Waals surface area contributed by atoms with Crippen molar-refractivity contribution in [3.05, 3.63) is 0 Å². The molecule has 4 rings (SSSR count). The molecule has 14 heteroatoms. The second-order valence-electron chi connectivity index (χ2n) is 24.3. The van der Waals surface area contributed by atoms with E-state index in [1.54, 1.807) is 9.80 Å². The summed E-state index contributed by atoms with van der Waals surface area (Å²) in [7, 11) is 4.22. The quantitative estimate of drug-likeness (QED) is 0.131. The van der Waals surface area contributed by atoms with Gasteiger partial charge in [0.25, 0.3) is 0 Å². The van der Waals surface area contributed by atoms with E-state index >= 15 is 0 Å². The molecule has 4 unspecified atom stereocenters. The maximum Gasteiger partial charge on any atom is 0.320 e. The highest BCUT2D eigenvalue weighted by molar-refractivity contribution is 5.76. The summed E-state index contributed by atoms with van der Waals surface area (Å²) < 4.78 is 23.7. The molecule has 4 atom stereocenters. The first kappa shape index (κ1) is 52.3. The summed E-state index contributed by atoms with van der Waals surface area (Å²) in [6.07, 6.45) is 3.47. The maximum absolute atomic E-state index is 13.6. The number of hydrogen-bond donors (Lipinski definition) is 2. The Labute approximate surface area is 375 Å². The third kappa shape index (κ3) is 13.1. The number of ether oxygens (including phenoxy) is 4. The SMILES string of the molecule is CN1C(C)(C)CC(COC(=O)CN(CCN(CC(=O)OCC2CC(C)(C)NC2(C)C)CC(=O)OCC2CC(C)(C)N(C)C2(C)C)CC(=O)OCC2CC(C)(C)NC2(C)C)C1(C)C. The average molecular weight is 877 g/mol. The van der Waals surface area contributed by atoms with E-state index < -0.39 is 23.9 Å². The van der Waals surface area contributed by atoms with Gasteiger partial charge in [0.05, 0.1) is 52.6 Å². The molecule has 62 heavy (non-hydrogen) atoms. The molecule has 14 nitrogen and oxygen atoms in total. The Kier molecular flexibility index (Phi) is 15.9. The first-order chi connectivity index (χ1) is 28.1. The Morgan fingerprint density at radius 3 is 0.919 bits per heavy atom. The fourth-order valence-electron chi connectivity index (χ4n) is 11.3. The molecule has 0 aliphatic carbocycles. The van der Waals surface area contributed by atoms with E-state index in [0.717, 1.165) is 25.7 Å². The van der Waals surface area contributed by atoms with Crippen LogP contribution < -0.4 is 10.6 Å². The highest BCUT2D eigenvalue weighted by atomic mass is 16.5. The van der Waals surface area contributed by atoms with E-state index in [4.69, 9.17) is 18.9 Å². The van der Waals surface area contributed by atoms with Crippen molar-refractivity contribution < 1.29 is 38.1 Å². The van der Waals surface area contributed by atoms with Gasteiger partial charge in [0.15, 0.2) is 0 Å². The summed E-state index contributed by atoms with van der Waals surface area (Å²) in [4.78, 5) is 62.4. The molecule has 0 radical (unpaired) electrons. The Bertz CT molecular complexity index is 1490. The van der Waals surface area contributed by atoms with E-state index in [0.29, 0.717) is 0 Å². The van der Waals surface area contributed by atoms with Crippen LogP contribution in [0, 0.1) is 23.7 Å². The van der Waals surface area contributed by atoms with Crippen LogP contribution in [-0.4, -0.2) is 168 Å². The van der Waals surface area contributed by atoms with Crippen molar-refractivity contribution in [2.45, 2.75) is 181 Å². The summed E-state index contributed by atoms with van der Waals surface area (Å²) in [5.74, 6) is -1.32. The summed E-state index contributed by atoms with van der Waals surface area (Å²) in [6, 6.07) is 0. The van der Waals surface area contributed by atoms with E-state index in [1.165, 1.54) is 0 Å². The van der Waals surface area contributed by atoms with Crippen LogP contribution in [0.3, 0.4) is 0 Å². The van der Waals surface area contributed by atoms with Gasteiger partial charge in [-0.2, -0.15) is 0 Å². The molecule has 4 heterocycles. The number of rotatable bonds is 19. The molecule has 0 aromatic carbocycles. The van der Waals surface area contributed by atoms with Crippen molar-refractivity contribution in [1.29, 1.82) is 0 Å². The number of hydrogen-bond acceptors (Lipinski definition) is 14. The predicted octanol–water partition coefficient (Wildman–Crippen LogP) is 5.11. The van der Waals surface area contributed by atoms with Gasteiger partial charge in [0.2, 0.25) is 0 Å². The Balaban J connectivity index is 1.47. The molecule has 4 aliphatic heterocycles. The fourth-order valence-corrected chi connectivity index (χ4v) is 11.3. The molecule has 0 amide bonds. The number of nitrogens with zero attached hydrogens (tertiary/aromatic N) is 4. The van der Waals surface area contributed by atoms with Gasteiger partial charge in [0.1, 0.15) is 0 Å². The standard InChI is InChI=1S/C48H88N6O8/c1-41(2)21-33(45(9,10)49-41)29-59-37(55)25-53(27-39(57)61-31-35-23-43(5,6)51(17)47(35,13)14)19-20-54(26-38(56)60-30-34-22-42(3,4)50-46(34,11)12)28-40(58)62-32-36-24-44(7,8)52(18)48(36,15)16/h33-36,49-50H,19-32H2,1-18H3. The Morgan fingerprint density at radius 2 is 0.710 bits per heavy atom. The second-order valence-corrected chi connectivity index (χ2v) is 24.3. The minimum absolute atomic E-state index is 0.0399. The molecule has 4 fully saturated rings. The lowest BCUT2D eigenvalue weighted by Gasteiger charge is -2.38. The minimum Gasteiger partial charge on any atom is -0.464 e. The Morgan fingerprint density at radius 1 is 0.452 bits per heavy atom. The number of carbonyl (C=O) groups is 4. The van der Waals surface area contributed by atoms with Gasteiger partial charge in [0, 0.05) is 81.1 Å². The molecule has 0 aromatic rings. The summed E-state index contributed by atoms with van der Waals surface area (Å²) in [5.41, 5.74) is -1.02. The van der Waals surface area contributed by atoms with Crippen molar-refractivity contribution in [2.24, 2.45) is 23.7 Å². The predicted molar refractivity (Wildman–Crippen MR) is 244 cm³/mol. The van der Waals surface area contributed by atoms with Crippen molar-refractivity contribution in [2.75, 3.05) is 79.8 Å². The molecule has 0 saturated carbocycles. The zero-order valence-corrected chi connectivity index (χ0v) is 42.3. The first-order valence-electron chi connectivity index (χ1n) is 23.2. The largest absolute Gasteiger partial charge is 0.464 e. The zero-order chi connectivity index (χ0) is 47.1. The van der Waals surface area contributed by atoms with E-state index in [1.807, 2.05) is 0 Å². The van der Waals surface area contributed by atoms with Crippen molar-refractivity contribution in [3.8, 4) is 0 Å². The molecular weight excluding hydrogens is 789 g/mol. The molecule has 4 aliphatic rings. The molecule has 358 valence electrons. The molecule has 0 aromatic heterocycles. The van der Waals surface area contributed by atoms with Gasteiger partial charge < -0.3 is 29.6 Å². The number of esters is 4. The molecule has 4 saturated heterocycles. The van der Waals surface area contributed by atoms with Crippen LogP contribution in [0.15, 0.2) is 0 Å². The van der Waals surface area contributed by atoms with Crippen LogP contribution in [0.1, 0.15) is 136 Å².